The molecule has 0 saturated heterocycles. The van der Waals surface area contributed by atoms with Crippen LogP contribution in [0.25, 0.3) is 11.1 Å². The van der Waals surface area contributed by atoms with E-state index >= 15 is 0 Å². The number of nitrogens with zero attached hydrogens (tertiary/aromatic N) is 2. The van der Waals surface area contributed by atoms with E-state index in [-0.39, 0.29) is 10.8 Å². The predicted octanol–water partition coefficient (Wildman–Crippen LogP) is 4.24. The number of aromatic hydroxyl groups is 1. The topological polar surface area (TPSA) is 92.3 Å². The van der Waals surface area contributed by atoms with E-state index in [0.717, 1.165) is 28.6 Å². The molecule has 2 aromatic carbocycles. The normalized spacial score (nSPS) is 11.3. The average molecular weight is 355 g/mol. The van der Waals surface area contributed by atoms with Crippen LogP contribution in [0.1, 0.15) is 25.0 Å². The smallest absolute Gasteiger partial charge is 0.134 e. The van der Waals surface area contributed by atoms with Crippen LogP contribution in [-0.2, 0) is 12.0 Å². The van der Waals surface area contributed by atoms with Gasteiger partial charge in [-0.05, 0) is 60.4 Å². The van der Waals surface area contributed by atoms with Gasteiger partial charge in [0.1, 0.15) is 12.1 Å². The first-order valence-electron chi connectivity index (χ1n) is 7.66. The summed E-state index contributed by atoms with van der Waals surface area (Å²) < 4.78 is 0. The first-order chi connectivity index (χ1) is 11.9. The summed E-state index contributed by atoms with van der Waals surface area (Å²) in [6.07, 6.45) is 2.40. The number of hydrogen-bond donors (Lipinski definition) is 3. The van der Waals surface area contributed by atoms with Crippen molar-refractivity contribution in [2.24, 2.45) is 4.99 Å². The van der Waals surface area contributed by atoms with Gasteiger partial charge < -0.3 is 10.4 Å². The highest BCUT2D eigenvalue weighted by atomic mass is 35.5. The zero-order chi connectivity index (χ0) is 18.4. The van der Waals surface area contributed by atoms with E-state index in [9.17, 15) is 10.4 Å². The Labute approximate surface area is 152 Å². The number of hydrogen-bond acceptors (Lipinski definition) is 3. The molecule has 0 radical (unpaired) electrons. The molecule has 0 bridgehead atoms. The van der Waals surface area contributed by atoms with E-state index in [1.54, 1.807) is 18.2 Å². The van der Waals surface area contributed by atoms with E-state index in [1.165, 1.54) is 6.34 Å². The van der Waals surface area contributed by atoms with Crippen molar-refractivity contribution in [3.63, 3.8) is 0 Å². The van der Waals surface area contributed by atoms with Crippen LogP contribution >= 0.6 is 11.6 Å². The number of nitriles is 1. The SMILES string of the molecule is CC(C)(C#N)c1cc(CN/C=N\C=N)cc(-c2ccc(O)c(Cl)c2)c1. The molecule has 2 rings (SSSR count). The molecule has 25 heavy (non-hydrogen) atoms. The van der Waals surface area contributed by atoms with Crippen molar-refractivity contribution in [2.45, 2.75) is 25.8 Å². The minimum Gasteiger partial charge on any atom is -0.506 e. The Hall–Kier alpha value is -2.84. The van der Waals surface area contributed by atoms with Crippen LogP contribution in [0.5, 0.6) is 5.75 Å². The Morgan fingerprint density at radius 3 is 2.68 bits per heavy atom. The van der Waals surface area contributed by atoms with Gasteiger partial charge in [-0.15, -0.1) is 0 Å². The largest absolute Gasteiger partial charge is 0.506 e. The Kier molecular flexibility index (Phi) is 5.79. The van der Waals surface area contributed by atoms with E-state index in [1.807, 2.05) is 32.0 Å². The summed E-state index contributed by atoms with van der Waals surface area (Å²) in [5, 5.41) is 29.2. The van der Waals surface area contributed by atoms with Crippen molar-refractivity contribution >= 4 is 24.3 Å². The molecule has 0 atom stereocenters. The highest BCUT2D eigenvalue weighted by Crippen LogP contribution is 2.33. The second-order valence-corrected chi connectivity index (χ2v) is 6.52. The fourth-order valence-electron chi connectivity index (χ4n) is 2.33. The van der Waals surface area contributed by atoms with Crippen molar-refractivity contribution < 1.29 is 5.11 Å². The zero-order valence-corrected chi connectivity index (χ0v) is 14.8. The van der Waals surface area contributed by atoms with Crippen LogP contribution in [0, 0.1) is 16.7 Å². The second kappa shape index (κ2) is 7.82. The van der Waals surface area contributed by atoms with E-state index in [4.69, 9.17) is 17.0 Å². The van der Waals surface area contributed by atoms with Crippen molar-refractivity contribution in [3.05, 3.63) is 52.5 Å². The maximum atomic E-state index is 9.62. The number of aliphatic imine (C=N–C) groups is 1. The van der Waals surface area contributed by atoms with Crippen molar-refractivity contribution in [1.82, 2.24) is 5.32 Å². The zero-order valence-electron chi connectivity index (χ0n) is 14.0. The molecule has 128 valence electrons. The number of phenols is 1. The molecule has 0 amide bonds. The van der Waals surface area contributed by atoms with Gasteiger partial charge in [0, 0.05) is 6.54 Å². The highest BCUT2D eigenvalue weighted by molar-refractivity contribution is 6.32. The minimum absolute atomic E-state index is 0.0312. The fraction of sp³-hybridized carbons (Fsp3) is 0.211. The molecular formula is C19H19ClN4O. The third-order valence-electron chi connectivity index (χ3n) is 3.82. The molecular weight excluding hydrogens is 336 g/mol. The molecule has 0 heterocycles. The van der Waals surface area contributed by atoms with Crippen LogP contribution in [0.2, 0.25) is 5.02 Å². The molecule has 0 fully saturated rings. The molecule has 0 spiro atoms. The fourth-order valence-corrected chi connectivity index (χ4v) is 2.51. The van der Waals surface area contributed by atoms with Crippen molar-refractivity contribution in [1.29, 1.82) is 10.7 Å². The summed E-state index contributed by atoms with van der Waals surface area (Å²) in [5.74, 6) is 0.0312. The van der Waals surface area contributed by atoms with Gasteiger partial charge in [-0.1, -0.05) is 23.7 Å². The number of benzene rings is 2. The molecule has 0 aliphatic rings. The number of rotatable bonds is 6. The quantitative estimate of drug-likeness (QED) is 0.535. The van der Waals surface area contributed by atoms with Gasteiger partial charge in [0.25, 0.3) is 0 Å². The van der Waals surface area contributed by atoms with Crippen LogP contribution < -0.4 is 5.32 Å². The van der Waals surface area contributed by atoms with Gasteiger partial charge in [-0.25, -0.2) is 4.99 Å². The number of nitrogens with one attached hydrogen (secondary N) is 2. The van der Waals surface area contributed by atoms with Gasteiger partial charge in [0.15, 0.2) is 0 Å². The van der Waals surface area contributed by atoms with Gasteiger partial charge in [-0.3, -0.25) is 5.41 Å². The lowest BCUT2D eigenvalue weighted by Gasteiger charge is -2.19. The second-order valence-electron chi connectivity index (χ2n) is 6.11. The Morgan fingerprint density at radius 1 is 1.28 bits per heavy atom. The van der Waals surface area contributed by atoms with Crippen LogP contribution in [0.3, 0.4) is 0 Å². The summed E-state index contributed by atoms with van der Waals surface area (Å²) in [6, 6.07) is 13.3. The predicted molar refractivity (Wildman–Crippen MR) is 101 cm³/mol. The molecule has 0 unspecified atom stereocenters. The van der Waals surface area contributed by atoms with Crippen molar-refractivity contribution in [3.8, 4) is 22.9 Å². The summed E-state index contributed by atoms with van der Waals surface area (Å²) in [5.41, 5.74) is 2.97. The summed E-state index contributed by atoms with van der Waals surface area (Å²) in [6.45, 7) is 4.23. The molecule has 0 aliphatic carbocycles. The summed E-state index contributed by atoms with van der Waals surface area (Å²) in [7, 11) is 0. The maximum absolute atomic E-state index is 9.62. The van der Waals surface area contributed by atoms with E-state index in [2.05, 4.69) is 16.4 Å². The Bertz CT molecular complexity index is 853. The maximum Gasteiger partial charge on any atom is 0.134 e. The minimum atomic E-state index is -0.644. The third kappa shape index (κ3) is 4.59. The molecule has 5 nitrogen and oxygen atoms in total. The molecule has 0 aromatic heterocycles. The summed E-state index contributed by atoms with van der Waals surface area (Å²) in [4.78, 5) is 3.68. The van der Waals surface area contributed by atoms with Crippen LogP contribution in [0.15, 0.2) is 41.4 Å². The van der Waals surface area contributed by atoms with Crippen LogP contribution in [0.4, 0.5) is 0 Å². The highest BCUT2D eigenvalue weighted by Gasteiger charge is 2.21. The molecule has 3 N–H and O–H groups in total. The first-order valence-corrected chi connectivity index (χ1v) is 8.04. The Balaban J connectivity index is 2.49. The lowest BCUT2D eigenvalue weighted by atomic mass is 9.83. The average Bonchev–Trinajstić information content (AvgIpc) is 2.61. The van der Waals surface area contributed by atoms with Crippen molar-refractivity contribution in [2.75, 3.05) is 0 Å². The number of phenolic OH excluding ortho intramolecular Hbond substituents is 1. The molecule has 2 aromatic rings. The van der Waals surface area contributed by atoms with Crippen LogP contribution in [-0.4, -0.2) is 17.8 Å². The van der Waals surface area contributed by atoms with Gasteiger partial charge >= 0.3 is 0 Å². The number of halogens is 1. The lowest BCUT2D eigenvalue weighted by Crippen LogP contribution is -2.16. The molecule has 6 heteroatoms. The van der Waals surface area contributed by atoms with Gasteiger partial charge in [0.2, 0.25) is 0 Å². The Morgan fingerprint density at radius 2 is 2.04 bits per heavy atom. The molecule has 0 saturated carbocycles. The standard InChI is InChI=1S/C19H19ClN4O/c1-19(2,10-21)16-6-13(9-23-12-24-11-22)5-15(7-16)14-3-4-18(25)17(20)8-14/h3-8,11-12,25H,9H2,1-2H3,(H2,22,23,24). The third-order valence-corrected chi connectivity index (χ3v) is 4.12. The first kappa shape index (κ1) is 18.5. The molecule has 0 aliphatic heterocycles. The van der Waals surface area contributed by atoms with E-state index in [0.29, 0.717) is 6.54 Å². The van der Waals surface area contributed by atoms with Gasteiger partial charge in [0.05, 0.1) is 22.8 Å². The van der Waals surface area contributed by atoms with Gasteiger partial charge in [-0.2, -0.15) is 5.26 Å². The lowest BCUT2D eigenvalue weighted by molar-refractivity contribution is 0.475. The summed E-state index contributed by atoms with van der Waals surface area (Å²) >= 11 is 6.03. The van der Waals surface area contributed by atoms with E-state index < -0.39 is 5.41 Å². The monoisotopic (exact) mass is 354 g/mol.